The molecule has 1 N–H and O–H groups in total. The second kappa shape index (κ2) is 10.9. The summed E-state index contributed by atoms with van der Waals surface area (Å²) in [6.07, 6.45) is 0. The minimum Gasteiger partial charge on any atom is -0.496 e. The van der Waals surface area contributed by atoms with Crippen molar-refractivity contribution in [1.29, 1.82) is 0 Å². The van der Waals surface area contributed by atoms with Gasteiger partial charge in [-0.25, -0.2) is 8.42 Å². The smallest absolute Gasteiger partial charge is 0.264 e. The van der Waals surface area contributed by atoms with Gasteiger partial charge in [-0.1, -0.05) is 35.9 Å². The van der Waals surface area contributed by atoms with Crippen molar-refractivity contribution in [2.45, 2.75) is 24.8 Å². The molecule has 0 aliphatic carbocycles. The zero-order valence-corrected chi connectivity index (χ0v) is 21.8. The first-order chi connectivity index (χ1) is 16.2. The Balaban J connectivity index is 1.93. The van der Waals surface area contributed by atoms with Gasteiger partial charge in [0.1, 0.15) is 18.0 Å². The lowest BCUT2D eigenvalue weighted by atomic mass is 10.1. The van der Waals surface area contributed by atoms with Crippen molar-refractivity contribution in [2.75, 3.05) is 25.1 Å². The van der Waals surface area contributed by atoms with E-state index in [2.05, 4.69) is 21.2 Å². The number of nitrogens with zero attached hydrogens (tertiary/aromatic N) is 1. The Hall–Kier alpha value is -3.04. The predicted octanol–water partition coefficient (Wildman–Crippen LogP) is 4.85. The van der Waals surface area contributed by atoms with Crippen LogP contribution in [0.25, 0.3) is 0 Å². The summed E-state index contributed by atoms with van der Waals surface area (Å²) in [5, 5.41) is 2.88. The molecule has 0 bridgehead atoms. The van der Waals surface area contributed by atoms with Gasteiger partial charge in [0.05, 0.1) is 35.3 Å². The maximum Gasteiger partial charge on any atom is 0.264 e. The summed E-state index contributed by atoms with van der Waals surface area (Å²) in [5.74, 6) is 0.695. The molecule has 0 aliphatic rings. The van der Waals surface area contributed by atoms with E-state index >= 15 is 0 Å². The molecular weight excluding hydrogens is 520 g/mol. The summed E-state index contributed by atoms with van der Waals surface area (Å²) in [6.45, 7) is 3.33. The summed E-state index contributed by atoms with van der Waals surface area (Å²) < 4.78 is 39.4. The molecule has 0 heterocycles. The number of aryl methyl sites for hydroxylation is 1. The van der Waals surface area contributed by atoms with E-state index in [9.17, 15) is 13.2 Å². The molecule has 34 heavy (non-hydrogen) atoms. The molecule has 1 amide bonds. The van der Waals surface area contributed by atoms with Gasteiger partial charge >= 0.3 is 0 Å². The highest BCUT2D eigenvalue weighted by molar-refractivity contribution is 9.10. The van der Waals surface area contributed by atoms with E-state index in [0.717, 1.165) is 15.4 Å². The molecule has 0 aliphatic heterocycles. The molecule has 3 aromatic carbocycles. The van der Waals surface area contributed by atoms with E-state index in [1.807, 2.05) is 38.1 Å². The van der Waals surface area contributed by atoms with E-state index in [1.54, 1.807) is 37.4 Å². The van der Waals surface area contributed by atoms with Gasteiger partial charge in [-0.15, -0.1) is 0 Å². The average molecular weight is 547 g/mol. The zero-order chi connectivity index (χ0) is 24.9. The van der Waals surface area contributed by atoms with Crippen LogP contribution < -0.4 is 19.1 Å². The zero-order valence-electron chi connectivity index (χ0n) is 19.4. The van der Waals surface area contributed by atoms with Crippen molar-refractivity contribution in [3.8, 4) is 11.5 Å². The number of carbonyl (C=O) groups is 1. The third-order valence-corrected chi connectivity index (χ3v) is 7.69. The maximum atomic E-state index is 13.6. The fraction of sp³-hybridized carbons (Fsp3) is 0.240. The number of methoxy groups -OCH3 is 2. The summed E-state index contributed by atoms with van der Waals surface area (Å²) in [5.41, 5.74) is 2.15. The largest absolute Gasteiger partial charge is 0.496 e. The highest BCUT2D eigenvalue weighted by atomic mass is 79.9. The van der Waals surface area contributed by atoms with Gasteiger partial charge in [0, 0.05) is 5.56 Å². The lowest BCUT2D eigenvalue weighted by Gasteiger charge is -2.25. The van der Waals surface area contributed by atoms with Gasteiger partial charge < -0.3 is 14.8 Å². The Morgan fingerprint density at radius 1 is 1.00 bits per heavy atom. The van der Waals surface area contributed by atoms with Crippen LogP contribution in [0.1, 0.15) is 24.1 Å². The van der Waals surface area contributed by atoms with Crippen LogP contribution in [0.3, 0.4) is 0 Å². The molecule has 3 aromatic rings. The summed E-state index contributed by atoms with van der Waals surface area (Å²) in [7, 11) is -0.999. The predicted molar refractivity (Wildman–Crippen MR) is 136 cm³/mol. The minimum atomic E-state index is -4.06. The third kappa shape index (κ3) is 5.71. The number of rotatable bonds is 9. The second-order valence-electron chi connectivity index (χ2n) is 7.67. The minimum absolute atomic E-state index is 0.0336. The Morgan fingerprint density at radius 3 is 2.26 bits per heavy atom. The fourth-order valence-corrected chi connectivity index (χ4v) is 5.62. The molecule has 0 saturated carbocycles. The number of halogens is 1. The van der Waals surface area contributed by atoms with Crippen LogP contribution in [-0.2, 0) is 14.8 Å². The molecule has 180 valence electrons. The van der Waals surface area contributed by atoms with E-state index in [1.165, 1.54) is 19.2 Å². The number of benzene rings is 3. The lowest BCUT2D eigenvalue weighted by Crippen LogP contribution is -2.41. The number of para-hydroxylation sites is 1. The Morgan fingerprint density at radius 2 is 1.65 bits per heavy atom. The number of anilines is 1. The Kier molecular flexibility index (Phi) is 8.22. The molecule has 7 nitrogen and oxygen atoms in total. The van der Waals surface area contributed by atoms with Crippen LogP contribution >= 0.6 is 15.9 Å². The molecule has 1 atom stereocenters. The molecule has 0 radical (unpaired) electrons. The average Bonchev–Trinajstić information content (AvgIpc) is 2.83. The normalized spacial score (nSPS) is 12.0. The Bertz CT molecular complexity index is 1260. The molecule has 0 spiro atoms. The van der Waals surface area contributed by atoms with E-state index < -0.39 is 22.5 Å². The number of amides is 1. The molecule has 0 fully saturated rings. The van der Waals surface area contributed by atoms with Crippen LogP contribution in [-0.4, -0.2) is 35.1 Å². The second-order valence-corrected chi connectivity index (χ2v) is 10.4. The summed E-state index contributed by atoms with van der Waals surface area (Å²) in [6, 6.07) is 18.4. The molecule has 0 aromatic heterocycles. The van der Waals surface area contributed by atoms with Crippen molar-refractivity contribution >= 4 is 37.5 Å². The van der Waals surface area contributed by atoms with Crippen LogP contribution in [0.15, 0.2) is 76.1 Å². The van der Waals surface area contributed by atoms with Crippen LogP contribution in [0.5, 0.6) is 11.5 Å². The number of hydrogen-bond donors (Lipinski definition) is 1. The van der Waals surface area contributed by atoms with Gasteiger partial charge in [0.2, 0.25) is 5.91 Å². The number of nitrogens with one attached hydrogen (secondary N) is 1. The number of ether oxygens (including phenoxy) is 2. The van der Waals surface area contributed by atoms with Crippen molar-refractivity contribution in [1.82, 2.24) is 5.32 Å². The Labute approximate surface area is 208 Å². The molecular formula is C25H27BrN2O5S. The lowest BCUT2D eigenvalue weighted by molar-refractivity contribution is -0.120. The topological polar surface area (TPSA) is 84.9 Å². The van der Waals surface area contributed by atoms with Crippen molar-refractivity contribution in [2.24, 2.45) is 0 Å². The standard InChI is InChI=1S/C25H27BrN2O5S/c1-17-9-11-19(12-10-17)28(34(30,31)20-13-14-24(33-4)22(26)15-20)16-25(29)27-18(2)21-7-5-6-8-23(21)32-3/h5-15,18H,16H2,1-4H3,(H,27,29). The molecule has 3 rings (SSSR count). The van der Waals surface area contributed by atoms with Gasteiger partial charge in [0.25, 0.3) is 10.0 Å². The van der Waals surface area contributed by atoms with Gasteiger partial charge in [0.15, 0.2) is 0 Å². The van der Waals surface area contributed by atoms with Gasteiger partial charge in [-0.2, -0.15) is 0 Å². The first kappa shape index (κ1) is 25.6. The highest BCUT2D eigenvalue weighted by Gasteiger charge is 2.28. The monoisotopic (exact) mass is 546 g/mol. The quantitative estimate of drug-likeness (QED) is 0.414. The third-order valence-electron chi connectivity index (χ3n) is 5.30. The number of carbonyl (C=O) groups excluding carboxylic acids is 1. The maximum absolute atomic E-state index is 13.6. The van der Waals surface area contributed by atoms with Crippen LogP contribution in [0.2, 0.25) is 0 Å². The van der Waals surface area contributed by atoms with Crippen LogP contribution in [0, 0.1) is 6.92 Å². The van der Waals surface area contributed by atoms with E-state index in [4.69, 9.17) is 9.47 Å². The number of hydrogen-bond acceptors (Lipinski definition) is 5. The fourth-order valence-electron chi connectivity index (χ4n) is 3.48. The molecule has 9 heteroatoms. The molecule has 0 saturated heterocycles. The van der Waals surface area contributed by atoms with Gasteiger partial charge in [-0.05, 0) is 66.2 Å². The van der Waals surface area contributed by atoms with E-state index in [0.29, 0.717) is 21.7 Å². The highest BCUT2D eigenvalue weighted by Crippen LogP contribution is 2.31. The molecule has 1 unspecified atom stereocenters. The van der Waals surface area contributed by atoms with Crippen molar-refractivity contribution in [3.63, 3.8) is 0 Å². The van der Waals surface area contributed by atoms with E-state index in [-0.39, 0.29) is 10.9 Å². The summed E-state index contributed by atoms with van der Waals surface area (Å²) >= 11 is 3.34. The summed E-state index contributed by atoms with van der Waals surface area (Å²) in [4.78, 5) is 13.1. The number of sulfonamides is 1. The van der Waals surface area contributed by atoms with Crippen LogP contribution in [0.4, 0.5) is 5.69 Å². The van der Waals surface area contributed by atoms with Crippen molar-refractivity contribution in [3.05, 3.63) is 82.3 Å². The van der Waals surface area contributed by atoms with Crippen molar-refractivity contribution < 1.29 is 22.7 Å². The first-order valence-electron chi connectivity index (χ1n) is 10.5. The van der Waals surface area contributed by atoms with Gasteiger partial charge in [-0.3, -0.25) is 9.10 Å². The first-order valence-corrected chi connectivity index (χ1v) is 12.8. The SMILES string of the molecule is COc1ccc(S(=O)(=O)N(CC(=O)NC(C)c2ccccc2OC)c2ccc(C)cc2)cc1Br.